The highest BCUT2D eigenvalue weighted by Crippen LogP contribution is 2.20. The van der Waals surface area contributed by atoms with Crippen molar-refractivity contribution in [3.63, 3.8) is 0 Å². The van der Waals surface area contributed by atoms with E-state index in [0.717, 1.165) is 29.0 Å². The number of methoxy groups -OCH3 is 1. The van der Waals surface area contributed by atoms with E-state index in [1.54, 1.807) is 7.11 Å². The number of ether oxygens (including phenoxy) is 2. The standard InChI is InChI=1S/C24H28N2O4/c1-3-12-29-18-21(27)16-26(15-19-8-7-11-22(13-19)28-2)17-23-14-24(25-30-23)20-9-5-4-6-10-20/h1,4-11,13,21,23,27H,12,14-18H2,2H3/t21-,23-/m0/s1. The SMILES string of the molecule is C#CCOC[C@@H](O)CN(Cc1cccc(OC)c1)C[C@@H]1CC(c2ccccc2)=NO1. The van der Waals surface area contributed by atoms with Crippen LogP contribution < -0.4 is 4.74 Å². The van der Waals surface area contributed by atoms with Crippen LogP contribution in [0.4, 0.5) is 0 Å². The number of aliphatic hydroxyl groups is 1. The summed E-state index contributed by atoms with van der Waals surface area (Å²) in [6, 6.07) is 17.9. The molecule has 0 saturated heterocycles. The number of oxime groups is 1. The zero-order valence-electron chi connectivity index (χ0n) is 17.2. The van der Waals surface area contributed by atoms with Crippen LogP contribution in [0.15, 0.2) is 59.8 Å². The lowest BCUT2D eigenvalue weighted by atomic mass is 10.0. The number of hydrogen-bond acceptors (Lipinski definition) is 6. The first-order valence-corrected chi connectivity index (χ1v) is 10.0. The molecule has 158 valence electrons. The Balaban J connectivity index is 1.62. The lowest BCUT2D eigenvalue weighted by Gasteiger charge is -2.27. The Kier molecular flexibility index (Phi) is 8.28. The van der Waals surface area contributed by atoms with Gasteiger partial charge in [-0.2, -0.15) is 0 Å². The van der Waals surface area contributed by atoms with E-state index in [0.29, 0.717) is 19.6 Å². The summed E-state index contributed by atoms with van der Waals surface area (Å²) in [6.07, 6.45) is 5.20. The van der Waals surface area contributed by atoms with Crippen molar-refractivity contribution in [2.75, 3.05) is 33.4 Å². The molecule has 0 unspecified atom stereocenters. The molecule has 0 fully saturated rings. The lowest BCUT2D eigenvalue weighted by molar-refractivity contribution is 0.00417. The maximum absolute atomic E-state index is 10.4. The molecule has 6 heteroatoms. The van der Waals surface area contributed by atoms with Gasteiger partial charge in [0.15, 0.2) is 0 Å². The zero-order chi connectivity index (χ0) is 21.2. The Morgan fingerprint density at radius 1 is 1.27 bits per heavy atom. The second-order valence-corrected chi connectivity index (χ2v) is 7.25. The second-order valence-electron chi connectivity index (χ2n) is 7.25. The van der Waals surface area contributed by atoms with Crippen molar-refractivity contribution in [1.82, 2.24) is 4.90 Å². The highest BCUT2D eigenvalue weighted by atomic mass is 16.6. The smallest absolute Gasteiger partial charge is 0.145 e. The first kappa shape index (κ1) is 21.8. The summed E-state index contributed by atoms with van der Waals surface area (Å²) in [5, 5.41) is 14.7. The molecule has 0 radical (unpaired) electrons. The number of rotatable bonds is 11. The fraction of sp³-hybridized carbons (Fsp3) is 0.375. The largest absolute Gasteiger partial charge is 0.497 e. The average molecular weight is 408 g/mol. The van der Waals surface area contributed by atoms with Crippen LogP contribution in [0, 0.1) is 12.3 Å². The van der Waals surface area contributed by atoms with Crippen molar-refractivity contribution in [3.8, 4) is 18.1 Å². The van der Waals surface area contributed by atoms with Gasteiger partial charge >= 0.3 is 0 Å². The molecule has 0 spiro atoms. The van der Waals surface area contributed by atoms with Gasteiger partial charge in [0.1, 0.15) is 18.5 Å². The molecule has 2 atom stereocenters. The summed E-state index contributed by atoms with van der Waals surface area (Å²) >= 11 is 0. The lowest BCUT2D eigenvalue weighted by Crippen LogP contribution is -2.39. The van der Waals surface area contributed by atoms with Crippen LogP contribution in [0.25, 0.3) is 0 Å². The maximum atomic E-state index is 10.4. The highest BCUT2D eigenvalue weighted by Gasteiger charge is 2.25. The molecule has 0 amide bonds. The number of terminal acetylenes is 1. The van der Waals surface area contributed by atoms with Crippen LogP contribution in [0.5, 0.6) is 5.75 Å². The number of aliphatic hydroxyl groups excluding tert-OH is 1. The monoisotopic (exact) mass is 408 g/mol. The molecule has 2 aromatic carbocycles. The summed E-state index contributed by atoms with van der Waals surface area (Å²) < 4.78 is 10.6. The van der Waals surface area contributed by atoms with Crippen molar-refractivity contribution in [2.24, 2.45) is 5.16 Å². The molecule has 0 aliphatic carbocycles. The van der Waals surface area contributed by atoms with E-state index in [4.69, 9.17) is 20.7 Å². The van der Waals surface area contributed by atoms with E-state index in [1.807, 2.05) is 54.6 Å². The molecule has 1 N–H and O–H groups in total. The minimum Gasteiger partial charge on any atom is -0.497 e. The fourth-order valence-corrected chi connectivity index (χ4v) is 3.45. The molecular weight excluding hydrogens is 380 g/mol. The minimum atomic E-state index is -0.653. The summed E-state index contributed by atoms with van der Waals surface area (Å²) in [5.74, 6) is 3.21. The summed E-state index contributed by atoms with van der Waals surface area (Å²) in [5.41, 5.74) is 3.11. The van der Waals surface area contributed by atoms with Gasteiger partial charge in [0, 0.05) is 26.1 Å². The molecule has 0 bridgehead atoms. The van der Waals surface area contributed by atoms with Crippen molar-refractivity contribution in [1.29, 1.82) is 0 Å². The molecule has 6 nitrogen and oxygen atoms in total. The topological polar surface area (TPSA) is 63.5 Å². The Labute approximate surface area is 178 Å². The molecule has 1 aliphatic heterocycles. The predicted molar refractivity (Wildman–Crippen MR) is 116 cm³/mol. The third-order valence-electron chi connectivity index (χ3n) is 4.81. The molecule has 1 heterocycles. The molecular formula is C24H28N2O4. The highest BCUT2D eigenvalue weighted by molar-refractivity contribution is 6.01. The Bertz CT molecular complexity index is 863. The third kappa shape index (κ3) is 6.60. The van der Waals surface area contributed by atoms with Gasteiger partial charge in [-0.25, -0.2) is 0 Å². The summed E-state index contributed by atoms with van der Waals surface area (Å²) in [7, 11) is 1.65. The number of hydrogen-bond donors (Lipinski definition) is 1. The Hall–Kier alpha value is -2.85. The second kappa shape index (κ2) is 11.4. The van der Waals surface area contributed by atoms with Crippen molar-refractivity contribution in [3.05, 3.63) is 65.7 Å². The third-order valence-corrected chi connectivity index (χ3v) is 4.81. The van der Waals surface area contributed by atoms with Crippen LogP contribution >= 0.6 is 0 Å². The van der Waals surface area contributed by atoms with Gasteiger partial charge in [-0.3, -0.25) is 4.90 Å². The zero-order valence-corrected chi connectivity index (χ0v) is 17.2. The first-order valence-electron chi connectivity index (χ1n) is 10.0. The maximum Gasteiger partial charge on any atom is 0.145 e. The van der Waals surface area contributed by atoms with Crippen molar-refractivity contribution in [2.45, 2.75) is 25.2 Å². The van der Waals surface area contributed by atoms with Crippen LogP contribution in [-0.2, 0) is 16.1 Å². The Morgan fingerprint density at radius 3 is 2.87 bits per heavy atom. The Morgan fingerprint density at radius 2 is 2.10 bits per heavy atom. The molecule has 3 rings (SSSR count). The van der Waals surface area contributed by atoms with E-state index >= 15 is 0 Å². The molecule has 0 aromatic heterocycles. The average Bonchev–Trinajstić information content (AvgIpc) is 3.23. The van der Waals surface area contributed by atoms with Gasteiger partial charge in [-0.1, -0.05) is 53.5 Å². The molecule has 1 aliphatic rings. The van der Waals surface area contributed by atoms with Gasteiger partial charge in [-0.15, -0.1) is 6.42 Å². The minimum absolute atomic E-state index is 0.0790. The first-order chi connectivity index (χ1) is 14.7. The molecule has 2 aromatic rings. The van der Waals surface area contributed by atoms with Gasteiger partial charge in [0.25, 0.3) is 0 Å². The molecule has 30 heavy (non-hydrogen) atoms. The number of benzene rings is 2. The summed E-state index contributed by atoms with van der Waals surface area (Å²) in [4.78, 5) is 7.84. The van der Waals surface area contributed by atoms with Gasteiger partial charge < -0.3 is 19.4 Å². The normalized spacial score (nSPS) is 16.6. The van der Waals surface area contributed by atoms with Crippen molar-refractivity contribution >= 4 is 5.71 Å². The quantitative estimate of drug-likeness (QED) is 0.458. The van der Waals surface area contributed by atoms with Gasteiger partial charge in [0.2, 0.25) is 0 Å². The van der Waals surface area contributed by atoms with E-state index in [2.05, 4.69) is 16.0 Å². The van der Waals surface area contributed by atoms with E-state index < -0.39 is 6.10 Å². The number of nitrogens with zero attached hydrogens (tertiary/aromatic N) is 2. The predicted octanol–water partition coefficient (Wildman–Crippen LogP) is 2.70. The van der Waals surface area contributed by atoms with Crippen molar-refractivity contribution < 1.29 is 19.4 Å². The van der Waals surface area contributed by atoms with Crippen LogP contribution in [0.3, 0.4) is 0 Å². The van der Waals surface area contributed by atoms with Gasteiger partial charge in [-0.05, 0) is 23.3 Å². The molecule has 0 saturated carbocycles. The van der Waals surface area contributed by atoms with Crippen LogP contribution in [-0.4, -0.2) is 61.3 Å². The van der Waals surface area contributed by atoms with E-state index in [9.17, 15) is 5.11 Å². The van der Waals surface area contributed by atoms with Crippen LogP contribution in [0.2, 0.25) is 0 Å². The van der Waals surface area contributed by atoms with E-state index in [-0.39, 0.29) is 19.3 Å². The van der Waals surface area contributed by atoms with Gasteiger partial charge in [0.05, 0.1) is 25.5 Å². The summed E-state index contributed by atoms with van der Waals surface area (Å²) in [6.45, 7) is 2.08. The van der Waals surface area contributed by atoms with Crippen LogP contribution in [0.1, 0.15) is 17.5 Å². The fourth-order valence-electron chi connectivity index (χ4n) is 3.45. The van der Waals surface area contributed by atoms with E-state index in [1.165, 1.54) is 0 Å².